The van der Waals surface area contributed by atoms with Gasteiger partial charge in [-0.05, 0) is 17.5 Å². The molecule has 7 heteroatoms. The predicted molar refractivity (Wildman–Crippen MR) is 129 cm³/mol. The van der Waals surface area contributed by atoms with Crippen molar-refractivity contribution in [1.29, 1.82) is 0 Å². The second kappa shape index (κ2) is 9.95. The molecule has 1 aliphatic heterocycles. The largest absolute Gasteiger partial charge is 0.487 e. The third-order valence-electron chi connectivity index (χ3n) is 6.24. The fraction of sp³-hybridized carbons (Fsp3) is 0.296. The maximum absolute atomic E-state index is 13.3. The van der Waals surface area contributed by atoms with Gasteiger partial charge in [-0.25, -0.2) is 4.79 Å². The topological polar surface area (TPSA) is 88.8 Å². The number of aromatic carboxylic acids is 1. The van der Waals surface area contributed by atoms with E-state index in [1.165, 1.54) is 6.20 Å². The summed E-state index contributed by atoms with van der Waals surface area (Å²) in [7, 11) is 1.69. The number of hydrogen-bond donors (Lipinski definition) is 1. The molecule has 1 amide bonds. The van der Waals surface area contributed by atoms with Crippen LogP contribution in [-0.2, 0) is 0 Å². The number of carbonyl (C=O) groups excluding carboxylic acids is 1. The lowest BCUT2D eigenvalue weighted by molar-refractivity contribution is 0.0668. The highest BCUT2D eigenvalue weighted by Gasteiger charge is 2.39. The second-order valence-electron chi connectivity index (χ2n) is 8.52. The summed E-state index contributed by atoms with van der Waals surface area (Å²) in [5.74, 6) is -2.09. The third-order valence-corrected chi connectivity index (χ3v) is 6.24. The Kier molecular flexibility index (Phi) is 6.82. The zero-order valence-electron chi connectivity index (χ0n) is 19.3. The number of pyridine rings is 1. The molecule has 0 fully saturated rings. The number of aromatic nitrogens is 1. The van der Waals surface area contributed by atoms with Crippen LogP contribution in [0.15, 0.2) is 71.7 Å². The first-order valence-electron chi connectivity index (χ1n) is 11.4. The fourth-order valence-corrected chi connectivity index (χ4v) is 4.54. The van der Waals surface area contributed by atoms with Crippen LogP contribution in [-0.4, -0.2) is 46.6 Å². The van der Waals surface area contributed by atoms with Crippen LogP contribution in [0.4, 0.5) is 0 Å². The van der Waals surface area contributed by atoms with E-state index >= 15 is 0 Å². The number of ether oxygens (including phenoxy) is 1. The standard InChI is InChI=1S/C27H28N2O5/c1-3-4-15-34-25-23-26(31)28(2)17-21(29(23)16-20(24(25)30)27(32)33)22(18-11-7-5-8-12-18)19-13-9-6-10-14-19/h5-14,16,21-22H,3-4,15,17H2,1-2H3,(H,32,33). The maximum Gasteiger partial charge on any atom is 0.341 e. The van der Waals surface area contributed by atoms with Gasteiger partial charge in [-0.1, -0.05) is 74.0 Å². The zero-order chi connectivity index (χ0) is 24.2. The Morgan fingerprint density at radius 1 is 1.06 bits per heavy atom. The smallest absolute Gasteiger partial charge is 0.341 e. The van der Waals surface area contributed by atoms with E-state index in [9.17, 15) is 19.5 Å². The summed E-state index contributed by atoms with van der Waals surface area (Å²) in [6, 6.07) is 19.4. The lowest BCUT2D eigenvalue weighted by Crippen LogP contribution is -2.45. The van der Waals surface area contributed by atoms with E-state index in [0.717, 1.165) is 17.5 Å². The number of benzene rings is 2. The van der Waals surface area contributed by atoms with Crippen molar-refractivity contribution in [3.63, 3.8) is 0 Å². The molecule has 2 aromatic carbocycles. The predicted octanol–water partition coefficient (Wildman–Crippen LogP) is 4.18. The van der Waals surface area contributed by atoms with Gasteiger partial charge in [-0.2, -0.15) is 0 Å². The van der Waals surface area contributed by atoms with E-state index in [-0.39, 0.29) is 35.9 Å². The molecule has 1 aromatic heterocycles. The van der Waals surface area contributed by atoms with Crippen molar-refractivity contribution in [1.82, 2.24) is 9.47 Å². The van der Waals surface area contributed by atoms with Gasteiger partial charge < -0.3 is 19.3 Å². The van der Waals surface area contributed by atoms with Gasteiger partial charge in [0.15, 0.2) is 11.4 Å². The SMILES string of the molecule is CCCCOc1c2n(cc(C(=O)O)c1=O)C(C(c1ccccc1)c1ccccc1)CN(C)C2=O. The lowest BCUT2D eigenvalue weighted by Gasteiger charge is -2.39. The van der Waals surface area contributed by atoms with Gasteiger partial charge in [0.25, 0.3) is 5.91 Å². The Morgan fingerprint density at radius 3 is 2.18 bits per heavy atom. The molecule has 7 nitrogen and oxygen atoms in total. The van der Waals surface area contributed by atoms with Gasteiger partial charge in [-0.3, -0.25) is 9.59 Å². The molecule has 2 heterocycles. The zero-order valence-corrected chi connectivity index (χ0v) is 19.3. The molecule has 1 atom stereocenters. The van der Waals surface area contributed by atoms with Gasteiger partial charge in [0, 0.05) is 25.7 Å². The summed E-state index contributed by atoms with van der Waals surface area (Å²) in [5.41, 5.74) is 0.972. The Morgan fingerprint density at radius 2 is 1.65 bits per heavy atom. The number of carboxylic acids is 1. The molecule has 1 N–H and O–H groups in total. The first-order valence-corrected chi connectivity index (χ1v) is 11.4. The highest BCUT2D eigenvalue weighted by atomic mass is 16.5. The number of amides is 1. The van der Waals surface area contributed by atoms with Crippen molar-refractivity contribution < 1.29 is 19.4 Å². The summed E-state index contributed by atoms with van der Waals surface area (Å²) in [6.45, 7) is 2.56. The monoisotopic (exact) mass is 460 g/mol. The van der Waals surface area contributed by atoms with Crippen LogP contribution >= 0.6 is 0 Å². The van der Waals surface area contributed by atoms with E-state index in [4.69, 9.17) is 4.74 Å². The van der Waals surface area contributed by atoms with Crippen molar-refractivity contribution in [2.24, 2.45) is 0 Å². The average molecular weight is 461 g/mol. The van der Waals surface area contributed by atoms with Crippen LogP contribution in [0.2, 0.25) is 0 Å². The quantitative estimate of drug-likeness (QED) is 0.510. The minimum Gasteiger partial charge on any atom is -0.487 e. The van der Waals surface area contributed by atoms with Crippen LogP contribution in [0.25, 0.3) is 0 Å². The van der Waals surface area contributed by atoms with Gasteiger partial charge >= 0.3 is 5.97 Å². The number of likely N-dealkylation sites (N-methyl/N-ethyl adjacent to an activating group) is 1. The van der Waals surface area contributed by atoms with E-state index in [1.807, 2.05) is 67.6 Å². The van der Waals surface area contributed by atoms with Gasteiger partial charge in [0.05, 0.1) is 12.6 Å². The van der Waals surface area contributed by atoms with Crippen LogP contribution in [0, 0.1) is 0 Å². The molecule has 0 saturated carbocycles. The number of rotatable bonds is 8. The third kappa shape index (κ3) is 4.33. The molecule has 176 valence electrons. The second-order valence-corrected chi connectivity index (χ2v) is 8.52. The summed E-state index contributed by atoms with van der Waals surface area (Å²) in [5, 5.41) is 9.78. The number of unbranched alkanes of at least 4 members (excludes halogenated alkanes) is 1. The molecule has 0 aliphatic carbocycles. The minimum absolute atomic E-state index is 0.0988. The molecule has 4 rings (SSSR count). The van der Waals surface area contributed by atoms with E-state index < -0.39 is 17.0 Å². The highest BCUT2D eigenvalue weighted by Crippen LogP contribution is 2.40. The molecule has 34 heavy (non-hydrogen) atoms. The average Bonchev–Trinajstić information content (AvgIpc) is 2.84. The summed E-state index contributed by atoms with van der Waals surface area (Å²) in [4.78, 5) is 39.9. The number of carboxylic acid groups (broad SMARTS) is 1. The number of hydrogen-bond acceptors (Lipinski definition) is 4. The molecule has 0 bridgehead atoms. The number of carbonyl (C=O) groups is 2. The van der Waals surface area contributed by atoms with E-state index in [2.05, 4.69) is 0 Å². The van der Waals surface area contributed by atoms with Crippen molar-refractivity contribution >= 4 is 11.9 Å². The normalized spacial score (nSPS) is 15.3. The van der Waals surface area contributed by atoms with Gasteiger partial charge in [-0.15, -0.1) is 0 Å². The number of nitrogens with zero attached hydrogens (tertiary/aromatic N) is 2. The minimum atomic E-state index is -1.35. The van der Waals surface area contributed by atoms with Gasteiger partial charge in [0.2, 0.25) is 5.43 Å². The molecule has 0 saturated heterocycles. The summed E-state index contributed by atoms with van der Waals surface area (Å²) in [6.07, 6.45) is 2.82. The first-order chi connectivity index (χ1) is 16.4. The first kappa shape index (κ1) is 23.3. The number of fused-ring (bicyclic) bond motifs is 1. The summed E-state index contributed by atoms with van der Waals surface area (Å²) >= 11 is 0. The van der Waals surface area contributed by atoms with E-state index in [1.54, 1.807) is 16.5 Å². The Labute approximate surface area is 198 Å². The molecular weight excluding hydrogens is 432 g/mol. The van der Waals surface area contributed by atoms with Crippen molar-refractivity contribution in [2.45, 2.75) is 31.7 Å². The molecular formula is C27H28N2O5. The summed E-state index contributed by atoms with van der Waals surface area (Å²) < 4.78 is 7.43. The Hall–Kier alpha value is -3.87. The van der Waals surface area contributed by atoms with Crippen molar-refractivity contribution in [3.8, 4) is 5.75 Å². The molecule has 1 aliphatic rings. The van der Waals surface area contributed by atoms with Crippen LogP contribution in [0.1, 0.15) is 63.7 Å². The van der Waals surface area contributed by atoms with Crippen molar-refractivity contribution in [2.75, 3.05) is 20.2 Å². The Balaban J connectivity index is 1.97. The lowest BCUT2D eigenvalue weighted by atomic mass is 9.83. The molecule has 0 spiro atoms. The fourth-order valence-electron chi connectivity index (χ4n) is 4.54. The van der Waals surface area contributed by atoms with Gasteiger partial charge in [0.1, 0.15) is 5.56 Å². The van der Waals surface area contributed by atoms with Crippen LogP contribution in [0.5, 0.6) is 5.75 Å². The maximum atomic E-state index is 13.3. The van der Waals surface area contributed by atoms with Crippen molar-refractivity contribution in [3.05, 3.63) is 99.5 Å². The molecule has 1 unspecified atom stereocenters. The highest BCUT2D eigenvalue weighted by molar-refractivity contribution is 5.97. The van der Waals surface area contributed by atoms with E-state index in [0.29, 0.717) is 13.0 Å². The van der Waals surface area contributed by atoms with Crippen LogP contribution < -0.4 is 10.2 Å². The Bertz CT molecular complexity index is 1200. The molecule has 3 aromatic rings. The van der Waals surface area contributed by atoms with Crippen LogP contribution in [0.3, 0.4) is 0 Å². The molecule has 0 radical (unpaired) electrons.